The molecule has 1 atom stereocenters. The Morgan fingerprint density at radius 2 is 2.00 bits per heavy atom. The summed E-state index contributed by atoms with van der Waals surface area (Å²) >= 11 is 0. The second-order valence-electron chi connectivity index (χ2n) is 5.50. The van der Waals surface area contributed by atoms with E-state index in [1.54, 1.807) is 14.2 Å². The molecule has 1 aliphatic carbocycles. The van der Waals surface area contributed by atoms with Crippen LogP contribution in [0.4, 0.5) is 0 Å². The third kappa shape index (κ3) is 2.42. The SMILES string of the molecule is COc1ccc2c3c(cc(OC)c2c1)CC(CC(=O)O)C3. The van der Waals surface area contributed by atoms with Crippen molar-refractivity contribution >= 4 is 16.7 Å². The molecule has 4 heteroatoms. The molecule has 0 aromatic heterocycles. The van der Waals surface area contributed by atoms with Crippen molar-refractivity contribution in [2.75, 3.05) is 14.2 Å². The first-order chi connectivity index (χ1) is 10.1. The average molecular weight is 286 g/mol. The van der Waals surface area contributed by atoms with Crippen molar-refractivity contribution in [3.63, 3.8) is 0 Å². The first kappa shape index (κ1) is 13.7. The first-order valence-electron chi connectivity index (χ1n) is 7.00. The van der Waals surface area contributed by atoms with Crippen LogP contribution in [0, 0.1) is 5.92 Å². The van der Waals surface area contributed by atoms with E-state index >= 15 is 0 Å². The van der Waals surface area contributed by atoms with Crippen molar-refractivity contribution in [2.24, 2.45) is 5.92 Å². The lowest BCUT2D eigenvalue weighted by atomic mass is 9.99. The molecule has 1 aliphatic rings. The number of methoxy groups -OCH3 is 2. The fourth-order valence-corrected chi connectivity index (χ4v) is 3.27. The Balaban J connectivity index is 2.10. The summed E-state index contributed by atoms with van der Waals surface area (Å²) < 4.78 is 10.8. The predicted octanol–water partition coefficient (Wildman–Crippen LogP) is 3.05. The summed E-state index contributed by atoms with van der Waals surface area (Å²) in [5.74, 6) is 1.06. The van der Waals surface area contributed by atoms with Crippen molar-refractivity contribution in [3.8, 4) is 11.5 Å². The van der Waals surface area contributed by atoms with Gasteiger partial charge in [-0.1, -0.05) is 6.07 Å². The fourth-order valence-electron chi connectivity index (χ4n) is 3.27. The van der Waals surface area contributed by atoms with E-state index in [-0.39, 0.29) is 12.3 Å². The van der Waals surface area contributed by atoms with Gasteiger partial charge in [-0.3, -0.25) is 4.79 Å². The Hall–Kier alpha value is -2.23. The molecule has 0 bridgehead atoms. The molecule has 110 valence electrons. The van der Waals surface area contributed by atoms with Gasteiger partial charge in [0.25, 0.3) is 0 Å². The van der Waals surface area contributed by atoms with E-state index in [4.69, 9.17) is 14.6 Å². The molecule has 0 saturated carbocycles. The van der Waals surface area contributed by atoms with Crippen LogP contribution in [0.2, 0.25) is 0 Å². The van der Waals surface area contributed by atoms with Gasteiger partial charge < -0.3 is 14.6 Å². The molecular weight excluding hydrogens is 268 g/mol. The van der Waals surface area contributed by atoms with E-state index < -0.39 is 5.97 Å². The number of benzene rings is 2. The number of carboxylic acids is 1. The summed E-state index contributed by atoms with van der Waals surface area (Å²) in [5.41, 5.74) is 2.45. The topological polar surface area (TPSA) is 55.8 Å². The average Bonchev–Trinajstić information content (AvgIpc) is 2.87. The van der Waals surface area contributed by atoms with Gasteiger partial charge in [-0.05, 0) is 53.5 Å². The zero-order chi connectivity index (χ0) is 15.0. The Morgan fingerprint density at radius 1 is 1.19 bits per heavy atom. The highest BCUT2D eigenvalue weighted by atomic mass is 16.5. The molecular formula is C17H18O4. The molecule has 0 aliphatic heterocycles. The smallest absolute Gasteiger partial charge is 0.303 e. The van der Waals surface area contributed by atoms with Gasteiger partial charge in [0, 0.05) is 11.8 Å². The van der Waals surface area contributed by atoms with Crippen LogP contribution in [0.25, 0.3) is 10.8 Å². The number of carboxylic acid groups (broad SMARTS) is 1. The van der Waals surface area contributed by atoms with Crippen molar-refractivity contribution < 1.29 is 19.4 Å². The highest BCUT2D eigenvalue weighted by Gasteiger charge is 2.26. The summed E-state index contributed by atoms with van der Waals surface area (Å²) in [4.78, 5) is 10.9. The van der Waals surface area contributed by atoms with Gasteiger partial charge in [0.2, 0.25) is 0 Å². The highest BCUT2D eigenvalue weighted by Crippen LogP contribution is 2.40. The number of carbonyl (C=O) groups is 1. The molecule has 1 N–H and O–H groups in total. The van der Waals surface area contributed by atoms with Crippen molar-refractivity contribution in [1.82, 2.24) is 0 Å². The van der Waals surface area contributed by atoms with Crippen molar-refractivity contribution in [1.29, 1.82) is 0 Å². The van der Waals surface area contributed by atoms with E-state index in [0.717, 1.165) is 35.1 Å². The standard InChI is InChI=1S/C17H18O4/c1-20-12-3-4-13-14-6-10(7-17(18)19)5-11(14)8-16(21-2)15(13)9-12/h3-4,8-10H,5-7H2,1-2H3,(H,18,19). The second-order valence-corrected chi connectivity index (χ2v) is 5.50. The minimum Gasteiger partial charge on any atom is -0.497 e. The number of fused-ring (bicyclic) bond motifs is 3. The first-order valence-corrected chi connectivity index (χ1v) is 7.00. The molecule has 0 amide bonds. The molecule has 0 fully saturated rings. The maximum Gasteiger partial charge on any atom is 0.303 e. The zero-order valence-electron chi connectivity index (χ0n) is 12.2. The van der Waals surface area contributed by atoms with Crippen LogP contribution in [0.15, 0.2) is 24.3 Å². The van der Waals surface area contributed by atoms with Crippen molar-refractivity contribution in [3.05, 3.63) is 35.4 Å². The minimum atomic E-state index is -0.731. The normalized spacial score (nSPS) is 16.8. The summed E-state index contributed by atoms with van der Waals surface area (Å²) in [5, 5.41) is 11.2. The zero-order valence-corrected chi connectivity index (χ0v) is 12.2. The van der Waals surface area contributed by atoms with Gasteiger partial charge in [-0.2, -0.15) is 0 Å². The molecule has 0 radical (unpaired) electrons. The minimum absolute atomic E-state index is 0.176. The maximum absolute atomic E-state index is 10.9. The van der Waals surface area contributed by atoms with E-state index in [2.05, 4.69) is 0 Å². The molecule has 1 unspecified atom stereocenters. The van der Waals surface area contributed by atoms with Crippen LogP contribution in [0.3, 0.4) is 0 Å². The van der Waals surface area contributed by atoms with Crippen LogP contribution < -0.4 is 9.47 Å². The fraction of sp³-hybridized carbons (Fsp3) is 0.353. The van der Waals surface area contributed by atoms with Gasteiger partial charge >= 0.3 is 5.97 Å². The van der Waals surface area contributed by atoms with Gasteiger partial charge in [0.05, 0.1) is 14.2 Å². The van der Waals surface area contributed by atoms with E-state index in [1.807, 2.05) is 24.3 Å². The third-order valence-electron chi connectivity index (χ3n) is 4.19. The lowest BCUT2D eigenvalue weighted by Gasteiger charge is -2.12. The monoisotopic (exact) mass is 286 g/mol. The molecule has 0 heterocycles. The van der Waals surface area contributed by atoms with Crippen LogP contribution in [0.1, 0.15) is 17.5 Å². The third-order valence-corrected chi connectivity index (χ3v) is 4.19. The predicted molar refractivity (Wildman–Crippen MR) is 80.2 cm³/mol. The number of ether oxygens (including phenoxy) is 2. The van der Waals surface area contributed by atoms with Gasteiger partial charge in [-0.25, -0.2) is 0 Å². The van der Waals surface area contributed by atoms with E-state index in [1.165, 1.54) is 11.1 Å². The van der Waals surface area contributed by atoms with Crippen LogP contribution in [-0.2, 0) is 17.6 Å². The summed E-state index contributed by atoms with van der Waals surface area (Å²) in [6.45, 7) is 0. The van der Waals surface area contributed by atoms with Crippen LogP contribution in [0.5, 0.6) is 11.5 Å². The molecule has 0 saturated heterocycles. The van der Waals surface area contributed by atoms with Gasteiger partial charge in [0.15, 0.2) is 0 Å². The maximum atomic E-state index is 10.9. The Bertz CT molecular complexity index is 705. The van der Waals surface area contributed by atoms with Gasteiger partial charge in [0.1, 0.15) is 11.5 Å². The largest absolute Gasteiger partial charge is 0.497 e. The van der Waals surface area contributed by atoms with Crippen LogP contribution >= 0.6 is 0 Å². The summed E-state index contributed by atoms with van der Waals surface area (Å²) in [6, 6.07) is 7.99. The Kier molecular flexibility index (Phi) is 3.45. The second kappa shape index (κ2) is 5.28. The quantitative estimate of drug-likeness (QED) is 0.938. The summed E-state index contributed by atoms with van der Waals surface area (Å²) in [6.07, 6.45) is 1.84. The Morgan fingerprint density at radius 3 is 2.67 bits per heavy atom. The van der Waals surface area contributed by atoms with E-state index in [0.29, 0.717) is 0 Å². The number of hydrogen-bond donors (Lipinski definition) is 1. The highest BCUT2D eigenvalue weighted by molar-refractivity contribution is 5.93. The lowest BCUT2D eigenvalue weighted by Crippen LogP contribution is -2.07. The molecule has 2 aromatic rings. The van der Waals surface area contributed by atoms with Crippen molar-refractivity contribution in [2.45, 2.75) is 19.3 Å². The molecule has 21 heavy (non-hydrogen) atoms. The lowest BCUT2D eigenvalue weighted by molar-refractivity contribution is -0.138. The Labute approximate surface area is 123 Å². The number of hydrogen-bond acceptors (Lipinski definition) is 3. The van der Waals surface area contributed by atoms with Crippen LogP contribution in [-0.4, -0.2) is 25.3 Å². The summed E-state index contributed by atoms with van der Waals surface area (Å²) in [7, 11) is 3.30. The molecule has 0 spiro atoms. The van der Waals surface area contributed by atoms with E-state index in [9.17, 15) is 4.79 Å². The number of aliphatic carboxylic acids is 1. The molecule has 3 rings (SSSR count). The van der Waals surface area contributed by atoms with Gasteiger partial charge in [-0.15, -0.1) is 0 Å². The number of rotatable bonds is 4. The molecule has 4 nitrogen and oxygen atoms in total. The molecule has 2 aromatic carbocycles.